The van der Waals surface area contributed by atoms with Crippen LogP contribution in [-0.4, -0.2) is 10.2 Å². The Morgan fingerprint density at radius 2 is 2.04 bits per heavy atom. The third-order valence-corrected chi connectivity index (χ3v) is 5.16. The number of nitrogens with one attached hydrogen (secondary N) is 1. The Bertz CT molecular complexity index is 1050. The molecule has 1 fully saturated rings. The number of aromatic amines is 1. The quantitative estimate of drug-likeness (QED) is 0.553. The zero-order valence-corrected chi connectivity index (χ0v) is 16.5. The van der Waals surface area contributed by atoms with Gasteiger partial charge in [-0.05, 0) is 60.2 Å². The lowest BCUT2D eigenvalue weighted by Gasteiger charge is -2.13. The maximum Gasteiger partial charge on any atom is 0.264 e. The van der Waals surface area contributed by atoms with E-state index in [9.17, 15) is 4.79 Å². The molecule has 1 aromatic heterocycles. The van der Waals surface area contributed by atoms with Gasteiger partial charge in [0.1, 0.15) is 5.75 Å². The molecule has 0 atom stereocenters. The lowest BCUT2D eigenvalue weighted by atomic mass is 10.1. The Kier molecular flexibility index (Phi) is 5.02. The molecule has 1 aliphatic carbocycles. The summed E-state index contributed by atoms with van der Waals surface area (Å²) in [5, 5.41) is 6.45. The molecule has 0 unspecified atom stereocenters. The van der Waals surface area contributed by atoms with Crippen LogP contribution in [-0.2, 0) is 6.42 Å². The Hall–Kier alpha value is -2.18. The van der Waals surface area contributed by atoms with E-state index in [1.165, 1.54) is 11.6 Å². The van der Waals surface area contributed by atoms with Crippen LogP contribution in [0.5, 0.6) is 11.5 Å². The lowest BCUT2D eigenvalue weighted by Crippen LogP contribution is -2.08. The van der Waals surface area contributed by atoms with Crippen molar-refractivity contribution in [1.82, 2.24) is 10.2 Å². The number of nitrogens with zero attached hydrogens (tertiary/aromatic N) is 1. The van der Waals surface area contributed by atoms with Crippen LogP contribution in [0.1, 0.15) is 35.6 Å². The summed E-state index contributed by atoms with van der Waals surface area (Å²) in [6, 6.07) is 11.9. The molecule has 1 saturated carbocycles. The minimum absolute atomic E-state index is 0.0153. The van der Waals surface area contributed by atoms with Gasteiger partial charge in [-0.2, -0.15) is 5.10 Å². The van der Waals surface area contributed by atoms with Crippen molar-refractivity contribution in [2.45, 2.75) is 25.2 Å². The van der Waals surface area contributed by atoms with Gasteiger partial charge in [-0.1, -0.05) is 33.6 Å². The molecular formula is C20H15BrClFN2O2. The van der Waals surface area contributed by atoms with Crippen molar-refractivity contribution in [3.63, 3.8) is 0 Å². The molecule has 7 heteroatoms. The molecule has 1 N–H and O–H groups in total. The lowest BCUT2D eigenvalue weighted by molar-refractivity contribution is 0.438. The molecule has 1 aliphatic rings. The highest BCUT2D eigenvalue weighted by Gasteiger charge is 2.25. The zero-order chi connectivity index (χ0) is 19.0. The van der Waals surface area contributed by atoms with E-state index in [0.29, 0.717) is 22.9 Å². The van der Waals surface area contributed by atoms with Gasteiger partial charge in [0.2, 0.25) is 0 Å². The van der Waals surface area contributed by atoms with Crippen LogP contribution in [0.3, 0.4) is 0 Å². The maximum absolute atomic E-state index is 15.0. The van der Waals surface area contributed by atoms with Crippen LogP contribution in [0.4, 0.5) is 4.39 Å². The average molecular weight is 450 g/mol. The first kappa shape index (κ1) is 18.2. The van der Waals surface area contributed by atoms with Gasteiger partial charge in [-0.3, -0.25) is 4.79 Å². The van der Waals surface area contributed by atoms with Crippen molar-refractivity contribution in [1.29, 1.82) is 0 Å². The molecule has 1 heterocycles. The van der Waals surface area contributed by atoms with Crippen LogP contribution in [0, 0.1) is 5.82 Å². The largest absolute Gasteiger partial charge is 0.453 e. The van der Waals surface area contributed by atoms with Crippen LogP contribution < -0.4 is 10.3 Å². The fourth-order valence-electron chi connectivity index (χ4n) is 2.88. The van der Waals surface area contributed by atoms with Crippen molar-refractivity contribution < 1.29 is 9.13 Å². The normalized spacial score (nSPS) is 13.6. The topological polar surface area (TPSA) is 55.0 Å². The molecule has 0 aliphatic heterocycles. The molecule has 0 saturated heterocycles. The zero-order valence-electron chi connectivity index (χ0n) is 14.1. The summed E-state index contributed by atoms with van der Waals surface area (Å²) in [6.07, 6.45) is 2.53. The van der Waals surface area contributed by atoms with Gasteiger partial charge in [0.25, 0.3) is 5.56 Å². The molecule has 138 valence electrons. The highest BCUT2D eigenvalue weighted by molar-refractivity contribution is 9.10. The summed E-state index contributed by atoms with van der Waals surface area (Å²) in [6.45, 7) is 0. The number of benzene rings is 2. The Morgan fingerprint density at radius 3 is 2.74 bits per heavy atom. The third kappa shape index (κ3) is 4.22. The van der Waals surface area contributed by atoms with E-state index in [2.05, 4.69) is 32.2 Å². The SMILES string of the molecule is O=c1ccc(Cc2ccc(Cl)c(Oc3cc(Br)cc(C4CC4)c3)c2F)n[nH]1. The fourth-order valence-corrected chi connectivity index (χ4v) is 3.56. The highest BCUT2D eigenvalue weighted by atomic mass is 79.9. The van der Waals surface area contributed by atoms with Gasteiger partial charge in [-0.15, -0.1) is 0 Å². The predicted octanol–water partition coefficient (Wildman–Crippen LogP) is 5.59. The van der Waals surface area contributed by atoms with Gasteiger partial charge in [0.05, 0.1) is 10.7 Å². The summed E-state index contributed by atoms with van der Waals surface area (Å²) in [5.41, 5.74) is 1.79. The van der Waals surface area contributed by atoms with Gasteiger partial charge < -0.3 is 4.74 Å². The Labute approximate surface area is 168 Å². The number of hydrogen-bond donors (Lipinski definition) is 1. The number of hydrogen-bond acceptors (Lipinski definition) is 3. The van der Waals surface area contributed by atoms with Crippen molar-refractivity contribution in [2.24, 2.45) is 0 Å². The molecule has 3 aromatic rings. The molecule has 4 rings (SSSR count). The van der Waals surface area contributed by atoms with Gasteiger partial charge in [0, 0.05) is 17.0 Å². The van der Waals surface area contributed by atoms with Crippen LogP contribution >= 0.6 is 27.5 Å². The number of H-pyrrole nitrogens is 1. The minimum atomic E-state index is -0.538. The number of ether oxygens (including phenoxy) is 1. The molecule has 4 nitrogen and oxygen atoms in total. The van der Waals surface area contributed by atoms with Crippen molar-refractivity contribution in [3.8, 4) is 11.5 Å². The van der Waals surface area contributed by atoms with Crippen molar-refractivity contribution in [2.75, 3.05) is 0 Å². The summed E-state index contributed by atoms with van der Waals surface area (Å²) < 4.78 is 21.7. The predicted molar refractivity (Wildman–Crippen MR) is 105 cm³/mol. The molecule has 0 radical (unpaired) electrons. The number of rotatable bonds is 5. The first-order chi connectivity index (χ1) is 13.0. The first-order valence-corrected chi connectivity index (χ1v) is 9.66. The summed E-state index contributed by atoms with van der Waals surface area (Å²) in [4.78, 5) is 11.1. The standard InChI is InChI=1S/C20H15BrClFN2O2/c21-14-7-13(11-1-2-11)9-16(10-14)27-20-17(22)5-3-12(19(20)23)8-15-4-6-18(26)25-24-15/h3-7,9-11H,1-2,8H2,(H,25,26). The van der Waals surface area contributed by atoms with Crippen molar-refractivity contribution >= 4 is 27.5 Å². The second kappa shape index (κ2) is 7.44. The average Bonchev–Trinajstić information content (AvgIpc) is 3.48. The van der Waals surface area contributed by atoms with Gasteiger partial charge in [0.15, 0.2) is 11.6 Å². The number of aromatic nitrogens is 2. The van der Waals surface area contributed by atoms with Crippen molar-refractivity contribution in [3.05, 3.63) is 85.0 Å². The van der Waals surface area contributed by atoms with Gasteiger partial charge >= 0.3 is 0 Å². The smallest absolute Gasteiger partial charge is 0.264 e. The highest BCUT2D eigenvalue weighted by Crippen LogP contribution is 2.43. The minimum Gasteiger partial charge on any atom is -0.453 e. The van der Waals surface area contributed by atoms with E-state index >= 15 is 4.39 Å². The summed E-state index contributed by atoms with van der Waals surface area (Å²) >= 11 is 9.67. The number of halogens is 3. The second-order valence-electron chi connectivity index (χ2n) is 6.54. The van der Waals surface area contributed by atoms with Crippen LogP contribution in [0.25, 0.3) is 0 Å². The van der Waals surface area contributed by atoms with Crippen LogP contribution in [0.15, 0.2) is 51.7 Å². The summed E-state index contributed by atoms with van der Waals surface area (Å²) in [7, 11) is 0. The van der Waals surface area contributed by atoms with E-state index < -0.39 is 5.82 Å². The van der Waals surface area contributed by atoms with E-state index in [0.717, 1.165) is 17.3 Å². The Balaban J connectivity index is 1.64. The molecule has 27 heavy (non-hydrogen) atoms. The van der Waals surface area contributed by atoms with Gasteiger partial charge in [-0.25, -0.2) is 9.49 Å². The molecular weight excluding hydrogens is 435 g/mol. The van der Waals surface area contributed by atoms with Crippen LogP contribution in [0.2, 0.25) is 5.02 Å². The fraction of sp³-hybridized carbons (Fsp3) is 0.200. The van der Waals surface area contributed by atoms with E-state index in [4.69, 9.17) is 16.3 Å². The molecule has 0 amide bonds. The maximum atomic E-state index is 15.0. The monoisotopic (exact) mass is 448 g/mol. The van der Waals surface area contributed by atoms with E-state index in [1.807, 2.05) is 6.07 Å². The third-order valence-electron chi connectivity index (χ3n) is 4.40. The van der Waals surface area contributed by atoms with E-state index in [1.54, 1.807) is 24.3 Å². The molecule has 2 aromatic carbocycles. The first-order valence-electron chi connectivity index (χ1n) is 8.49. The molecule has 0 bridgehead atoms. The second-order valence-corrected chi connectivity index (χ2v) is 7.86. The Morgan fingerprint density at radius 1 is 1.22 bits per heavy atom. The molecule has 0 spiro atoms. The summed E-state index contributed by atoms with van der Waals surface area (Å²) in [5.74, 6) is 0.524. The van der Waals surface area contributed by atoms with E-state index in [-0.39, 0.29) is 22.8 Å².